The van der Waals surface area contributed by atoms with Gasteiger partial charge in [-0.3, -0.25) is 4.79 Å². The summed E-state index contributed by atoms with van der Waals surface area (Å²) in [6.45, 7) is 5.88. The molecule has 0 spiro atoms. The van der Waals surface area contributed by atoms with Gasteiger partial charge >= 0.3 is 0 Å². The number of nitrogens with one attached hydrogen (secondary N) is 1. The molecule has 0 aliphatic carbocycles. The summed E-state index contributed by atoms with van der Waals surface area (Å²) < 4.78 is 5.03. The first kappa shape index (κ1) is 15.6. The zero-order valence-electron chi connectivity index (χ0n) is 12.4. The van der Waals surface area contributed by atoms with Gasteiger partial charge in [-0.1, -0.05) is 23.8 Å². The standard InChI is InChI=1S/C15H19N3O2S/c1-4-10(2)17-14(19)13-6-5-7-16-15(13)21-9-12-8-11(3)20-18-12/h5-8,10H,4,9H2,1-3H3,(H,17,19). The molecule has 2 aromatic heterocycles. The Morgan fingerprint density at radius 1 is 1.52 bits per heavy atom. The second-order valence-electron chi connectivity index (χ2n) is 4.86. The topological polar surface area (TPSA) is 68.0 Å². The number of nitrogens with zero attached hydrogens (tertiary/aromatic N) is 2. The van der Waals surface area contributed by atoms with Crippen LogP contribution in [0.4, 0.5) is 0 Å². The maximum atomic E-state index is 12.3. The Bertz CT molecular complexity index is 612. The van der Waals surface area contributed by atoms with Crippen LogP contribution in [-0.2, 0) is 5.75 Å². The minimum Gasteiger partial charge on any atom is -0.361 e. The van der Waals surface area contributed by atoms with Crippen molar-refractivity contribution >= 4 is 17.7 Å². The Morgan fingerprint density at radius 2 is 2.33 bits per heavy atom. The lowest BCUT2D eigenvalue weighted by Gasteiger charge is -2.13. The molecule has 0 aliphatic heterocycles. The van der Waals surface area contributed by atoms with E-state index in [-0.39, 0.29) is 11.9 Å². The van der Waals surface area contributed by atoms with E-state index in [1.807, 2.05) is 26.8 Å². The van der Waals surface area contributed by atoms with Crippen LogP contribution >= 0.6 is 11.8 Å². The van der Waals surface area contributed by atoms with E-state index >= 15 is 0 Å². The predicted molar refractivity (Wildman–Crippen MR) is 82.3 cm³/mol. The SMILES string of the molecule is CCC(C)NC(=O)c1cccnc1SCc1cc(C)on1. The molecule has 0 saturated carbocycles. The number of carbonyl (C=O) groups is 1. The zero-order chi connectivity index (χ0) is 15.2. The molecular formula is C15H19N3O2S. The molecule has 5 nitrogen and oxygen atoms in total. The first-order valence-electron chi connectivity index (χ1n) is 6.91. The molecule has 0 fully saturated rings. The molecule has 21 heavy (non-hydrogen) atoms. The van der Waals surface area contributed by atoms with Crippen molar-refractivity contribution in [3.8, 4) is 0 Å². The van der Waals surface area contributed by atoms with Crippen LogP contribution in [0.2, 0.25) is 0 Å². The fourth-order valence-corrected chi connectivity index (χ4v) is 2.58. The fraction of sp³-hybridized carbons (Fsp3) is 0.400. The average molecular weight is 305 g/mol. The van der Waals surface area contributed by atoms with Crippen LogP contribution in [-0.4, -0.2) is 22.1 Å². The summed E-state index contributed by atoms with van der Waals surface area (Å²) in [6, 6.07) is 5.60. The lowest BCUT2D eigenvalue weighted by molar-refractivity contribution is 0.0935. The minimum atomic E-state index is -0.0868. The highest BCUT2D eigenvalue weighted by molar-refractivity contribution is 7.98. The Balaban J connectivity index is 2.07. The van der Waals surface area contributed by atoms with E-state index in [1.165, 1.54) is 11.8 Å². The Morgan fingerprint density at radius 3 is 3.00 bits per heavy atom. The molecule has 1 unspecified atom stereocenters. The molecule has 0 aliphatic rings. The van der Waals surface area contributed by atoms with Crippen LogP contribution in [0.25, 0.3) is 0 Å². The highest BCUT2D eigenvalue weighted by Crippen LogP contribution is 2.24. The van der Waals surface area contributed by atoms with E-state index in [0.29, 0.717) is 16.3 Å². The van der Waals surface area contributed by atoms with E-state index < -0.39 is 0 Å². The van der Waals surface area contributed by atoms with Gasteiger partial charge in [0.1, 0.15) is 10.8 Å². The molecule has 0 radical (unpaired) electrons. The molecule has 1 amide bonds. The normalized spacial score (nSPS) is 12.1. The van der Waals surface area contributed by atoms with Gasteiger partial charge in [-0.25, -0.2) is 4.98 Å². The van der Waals surface area contributed by atoms with Gasteiger partial charge in [0, 0.05) is 24.1 Å². The summed E-state index contributed by atoms with van der Waals surface area (Å²) in [5.74, 6) is 1.32. The molecule has 0 aromatic carbocycles. The number of rotatable bonds is 6. The van der Waals surface area contributed by atoms with Gasteiger partial charge < -0.3 is 9.84 Å². The molecule has 1 atom stereocenters. The van der Waals surface area contributed by atoms with Crippen molar-refractivity contribution in [3.63, 3.8) is 0 Å². The monoisotopic (exact) mass is 305 g/mol. The number of aromatic nitrogens is 2. The smallest absolute Gasteiger partial charge is 0.254 e. The second-order valence-corrected chi connectivity index (χ2v) is 5.82. The largest absolute Gasteiger partial charge is 0.361 e. The third-order valence-electron chi connectivity index (χ3n) is 3.04. The highest BCUT2D eigenvalue weighted by atomic mass is 32.2. The van der Waals surface area contributed by atoms with Gasteiger partial charge in [-0.05, 0) is 32.4 Å². The lowest BCUT2D eigenvalue weighted by Crippen LogP contribution is -2.32. The van der Waals surface area contributed by atoms with Crippen LogP contribution in [0, 0.1) is 6.92 Å². The molecule has 112 valence electrons. The van der Waals surface area contributed by atoms with Crippen LogP contribution in [0.5, 0.6) is 0 Å². The van der Waals surface area contributed by atoms with E-state index in [2.05, 4.69) is 15.5 Å². The van der Waals surface area contributed by atoms with E-state index in [1.54, 1.807) is 18.3 Å². The van der Waals surface area contributed by atoms with Crippen LogP contribution in [0.3, 0.4) is 0 Å². The van der Waals surface area contributed by atoms with Crippen molar-refractivity contribution in [2.24, 2.45) is 0 Å². The summed E-state index contributed by atoms with van der Waals surface area (Å²) in [6.07, 6.45) is 2.59. The van der Waals surface area contributed by atoms with Gasteiger partial charge in [-0.15, -0.1) is 0 Å². The van der Waals surface area contributed by atoms with Crippen molar-refractivity contribution in [3.05, 3.63) is 41.4 Å². The molecule has 0 saturated heterocycles. The van der Waals surface area contributed by atoms with Crippen molar-refractivity contribution < 1.29 is 9.32 Å². The molecule has 2 rings (SSSR count). The Labute approximate surface area is 128 Å². The van der Waals surface area contributed by atoms with Crippen LogP contribution < -0.4 is 5.32 Å². The summed E-state index contributed by atoms with van der Waals surface area (Å²) in [7, 11) is 0. The van der Waals surface area contributed by atoms with E-state index in [0.717, 1.165) is 17.9 Å². The molecular weight excluding hydrogens is 286 g/mol. The van der Waals surface area contributed by atoms with Gasteiger partial charge in [0.25, 0.3) is 5.91 Å². The van der Waals surface area contributed by atoms with Crippen molar-refractivity contribution in [1.29, 1.82) is 0 Å². The summed E-state index contributed by atoms with van der Waals surface area (Å²) in [4.78, 5) is 16.6. The summed E-state index contributed by atoms with van der Waals surface area (Å²) >= 11 is 1.48. The fourth-order valence-electron chi connectivity index (χ4n) is 1.71. The quantitative estimate of drug-likeness (QED) is 0.830. The van der Waals surface area contributed by atoms with E-state index in [4.69, 9.17) is 4.52 Å². The van der Waals surface area contributed by atoms with Gasteiger partial charge in [0.15, 0.2) is 0 Å². The summed E-state index contributed by atoms with van der Waals surface area (Å²) in [5.41, 5.74) is 1.44. The first-order chi connectivity index (χ1) is 10.1. The van der Waals surface area contributed by atoms with Crippen molar-refractivity contribution in [1.82, 2.24) is 15.5 Å². The third-order valence-corrected chi connectivity index (χ3v) is 4.08. The maximum absolute atomic E-state index is 12.3. The molecule has 2 heterocycles. The number of amides is 1. The van der Waals surface area contributed by atoms with Gasteiger partial charge in [-0.2, -0.15) is 0 Å². The van der Waals surface area contributed by atoms with Crippen LogP contribution in [0.1, 0.15) is 42.1 Å². The Kier molecular flexibility index (Phi) is 5.38. The van der Waals surface area contributed by atoms with Gasteiger partial charge in [0.05, 0.1) is 11.3 Å². The number of hydrogen-bond donors (Lipinski definition) is 1. The Hall–Kier alpha value is -1.82. The molecule has 0 bridgehead atoms. The van der Waals surface area contributed by atoms with Gasteiger partial charge in [0.2, 0.25) is 0 Å². The maximum Gasteiger partial charge on any atom is 0.254 e. The van der Waals surface area contributed by atoms with Crippen molar-refractivity contribution in [2.75, 3.05) is 0 Å². The molecule has 2 aromatic rings. The average Bonchev–Trinajstić information content (AvgIpc) is 2.90. The number of thioether (sulfide) groups is 1. The minimum absolute atomic E-state index is 0.0868. The first-order valence-corrected chi connectivity index (χ1v) is 7.89. The number of hydrogen-bond acceptors (Lipinski definition) is 5. The number of pyridine rings is 1. The number of carbonyl (C=O) groups excluding carboxylic acids is 1. The summed E-state index contributed by atoms with van der Waals surface area (Å²) in [5, 5.41) is 7.61. The third kappa shape index (κ3) is 4.32. The van der Waals surface area contributed by atoms with Crippen molar-refractivity contribution in [2.45, 2.75) is 44.0 Å². The molecule has 1 N–H and O–H groups in total. The predicted octanol–water partition coefficient (Wildman–Crippen LogP) is 3.20. The second kappa shape index (κ2) is 7.26. The lowest BCUT2D eigenvalue weighted by atomic mass is 10.2. The van der Waals surface area contributed by atoms with E-state index in [9.17, 15) is 4.79 Å². The number of aryl methyl sites for hydroxylation is 1. The molecule has 6 heteroatoms. The zero-order valence-corrected chi connectivity index (χ0v) is 13.2. The highest BCUT2D eigenvalue weighted by Gasteiger charge is 2.14. The van der Waals surface area contributed by atoms with Crippen LogP contribution in [0.15, 0.2) is 33.9 Å².